The van der Waals surface area contributed by atoms with Crippen molar-refractivity contribution in [3.05, 3.63) is 24.5 Å². The van der Waals surface area contributed by atoms with Crippen molar-refractivity contribution in [2.45, 2.75) is 0 Å². The zero-order chi connectivity index (χ0) is 14.9. The van der Waals surface area contributed by atoms with Gasteiger partial charge in [-0.1, -0.05) is 0 Å². The van der Waals surface area contributed by atoms with Gasteiger partial charge in [0, 0.05) is 37.5 Å². The number of fused-ring (bicyclic) bond motifs is 1. The zero-order valence-corrected chi connectivity index (χ0v) is 12.6. The van der Waals surface area contributed by atoms with E-state index in [0.717, 1.165) is 54.6 Å². The lowest BCUT2D eigenvalue weighted by molar-refractivity contribution is 0.121. The van der Waals surface area contributed by atoms with Gasteiger partial charge in [-0.3, -0.25) is 4.68 Å². The molecule has 2 aliphatic heterocycles. The van der Waals surface area contributed by atoms with E-state index < -0.39 is 0 Å². The maximum Gasteiger partial charge on any atom is 0.185 e. The molecule has 2 aliphatic rings. The van der Waals surface area contributed by atoms with Gasteiger partial charge < -0.3 is 19.1 Å². The van der Waals surface area contributed by atoms with Gasteiger partial charge in [-0.2, -0.15) is 5.10 Å². The Balaban J connectivity index is 1.86. The summed E-state index contributed by atoms with van der Waals surface area (Å²) in [6.07, 6.45) is 3.91. The molecule has 0 radical (unpaired) electrons. The molecule has 0 unspecified atom stereocenters. The van der Waals surface area contributed by atoms with Gasteiger partial charge in [0.25, 0.3) is 0 Å². The summed E-state index contributed by atoms with van der Waals surface area (Å²) in [6, 6.07) is 4.08. The quantitative estimate of drug-likeness (QED) is 0.845. The topological polar surface area (TPSA) is 48.8 Å². The number of nitrogens with zero attached hydrogens (tertiary/aromatic N) is 3. The first-order valence-corrected chi connectivity index (χ1v) is 7.57. The van der Waals surface area contributed by atoms with Gasteiger partial charge in [0.2, 0.25) is 0 Å². The molecule has 1 aromatic carbocycles. The second-order valence-corrected chi connectivity index (χ2v) is 5.49. The van der Waals surface area contributed by atoms with E-state index in [1.54, 1.807) is 0 Å². The third-order valence-corrected chi connectivity index (χ3v) is 4.03. The van der Waals surface area contributed by atoms with Gasteiger partial charge in [0.15, 0.2) is 11.5 Å². The summed E-state index contributed by atoms with van der Waals surface area (Å²) in [7, 11) is 1.93. The highest BCUT2D eigenvalue weighted by molar-refractivity contribution is 5.85. The largest absolute Gasteiger partial charge is 0.486 e. The van der Waals surface area contributed by atoms with Crippen LogP contribution in [0.4, 0.5) is 5.69 Å². The molecule has 0 atom stereocenters. The number of anilines is 1. The van der Waals surface area contributed by atoms with Crippen molar-refractivity contribution in [3.63, 3.8) is 0 Å². The minimum Gasteiger partial charge on any atom is -0.486 e. The zero-order valence-electron chi connectivity index (χ0n) is 12.6. The highest BCUT2D eigenvalue weighted by Crippen LogP contribution is 2.46. The first kappa shape index (κ1) is 13.5. The van der Waals surface area contributed by atoms with Crippen molar-refractivity contribution < 1.29 is 14.2 Å². The summed E-state index contributed by atoms with van der Waals surface area (Å²) in [6.45, 7) is 4.36. The van der Waals surface area contributed by atoms with Crippen LogP contribution in [-0.2, 0) is 11.8 Å². The number of aryl methyl sites for hydroxylation is 1. The second-order valence-electron chi connectivity index (χ2n) is 5.49. The second kappa shape index (κ2) is 5.53. The summed E-state index contributed by atoms with van der Waals surface area (Å²) in [5, 5.41) is 4.29. The van der Waals surface area contributed by atoms with Crippen molar-refractivity contribution in [1.82, 2.24) is 9.78 Å². The predicted molar refractivity (Wildman–Crippen MR) is 82.7 cm³/mol. The fourth-order valence-electron chi connectivity index (χ4n) is 3.00. The van der Waals surface area contributed by atoms with Crippen LogP contribution in [-0.4, -0.2) is 49.3 Å². The molecular formula is C16H19N3O3. The minimum atomic E-state index is 0.584. The van der Waals surface area contributed by atoms with E-state index in [1.807, 2.05) is 30.2 Å². The molecule has 4 rings (SSSR count). The number of aromatic nitrogens is 2. The maximum absolute atomic E-state index is 5.94. The highest BCUT2D eigenvalue weighted by Gasteiger charge is 2.26. The monoisotopic (exact) mass is 301 g/mol. The van der Waals surface area contributed by atoms with Crippen molar-refractivity contribution in [3.8, 4) is 22.6 Å². The average Bonchev–Trinajstić information content (AvgIpc) is 3.01. The maximum atomic E-state index is 5.94. The predicted octanol–water partition coefficient (Wildman–Crippen LogP) is 1.69. The van der Waals surface area contributed by atoms with E-state index in [-0.39, 0.29) is 0 Å². The van der Waals surface area contributed by atoms with E-state index in [4.69, 9.17) is 14.2 Å². The SMILES string of the molecule is Cn1cc(-c2ccc3c(c2N2CCOCC2)OCCO3)cn1. The van der Waals surface area contributed by atoms with Crippen LogP contribution in [0.15, 0.2) is 24.5 Å². The molecular weight excluding hydrogens is 282 g/mol. The number of ether oxygens (including phenoxy) is 3. The number of hydrogen-bond donors (Lipinski definition) is 0. The normalized spacial score (nSPS) is 17.6. The van der Waals surface area contributed by atoms with Crippen molar-refractivity contribution in [2.24, 2.45) is 7.05 Å². The molecule has 22 heavy (non-hydrogen) atoms. The lowest BCUT2D eigenvalue weighted by Crippen LogP contribution is -2.37. The third-order valence-electron chi connectivity index (χ3n) is 4.03. The molecule has 6 nitrogen and oxygen atoms in total. The molecule has 2 aromatic rings. The van der Waals surface area contributed by atoms with Gasteiger partial charge in [-0.25, -0.2) is 0 Å². The van der Waals surface area contributed by atoms with Crippen LogP contribution >= 0.6 is 0 Å². The standard InChI is InChI=1S/C16H19N3O3/c1-18-11-12(10-17-18)13-2-3-14-16(22-9-8-21-14)15(13)19-4-6-20-7-5-19/h2-3,10-11H,4-9H2,1H3. The van der Waals surface area contributed by atoms with Gasteiger partial charge in [-0.05, 0) is 12.1 Å². The van der Waals surface area contributed by atoms with Gasteiger partial charge >= 0.3 is 0 Å². The fourth-order valence-corrected chi connectivity index (χ4v) is 3.00. The molecule has 0 bridgehead atoms. The summed E-state index contributed by atoms with van der Waals surface area (Å²) in [5.41, 5.74) is 3.30. The van der Waals surface area contributed by atoms with Crippen LogP contribution in [0.2, 0.25) is 0 Å². The van der Waals surface area contributed by atoms with Crippen LogP contribution in [0, 0.1) is 0 Å². The molecule has 0 aliphatic carbocycles. The lowest BCUT2D eigenvalue weighted by Gasteiger charge is -2.33. The van der Waals surface area contributed by atoms with Crippen molar-refractivity contribution in [1.29, 1.82) is 0 Å². The molecule has 1 fully saturated rings. The van der Waals surface area contributed by atoms with Crippen LogP contribution in [0.5, 0.6) is 11.5 Å². The molecule has 1 aromatic heterocycles. The first-order chi connectivity index (χ1) is 10.8. The molecule has 3 heterocycles. The molecule has 0 saturated carbocycles. The lowest BCUT2D eigenvalue weighted by atomic mass is 10.0. The molecule has 1 saturated heterocycles. The van der Waals surface area contributed by atoms with Gasteiger partial charge in [0.1, 0.15) is 13.2 Å². The molecule has 6 heteroatoms. The Morgan fingerprint density at radius 2 is 1.86 bits per heavy atom. The van der Waals surface area contributed by atoms with Gasteiger partial charge in [-0.15, -0.1) is 0 Å². The fraction of sp³-hybridized carbons (Fsp3) is 0.438. The van der Waals surface area contributed by atoms with E-state index in [1.165, 1.54) is 0 Å². The molecule has 0 spiro atoms. The van der Waals surface area contributed by atoms with Crippen LogP contribution < -0.4 is 14.4 Å². The van der Waals surface area contributed by atoms with Crippen LogP contribution in [0.3, 0.4) is 0 Å². The first-order valence-electron chi connectivity index (χ1n) is 7.57. The number of rotatable bonds is 2. The summed E-state index contributed by atoms with van der Waals surface area (Å²) >= 11 is 0. The molecule has 0 N–H and O–H groups in total. The summed E-state index contributed by atoms with van der Waals surface area (Å²) in [5.74, 6) is 1.66. The van der Waals surface area contributed by atoms with E-state index in [2.05, 4.69) is 16.1 Å². The molecule has 0 amide bonds. The Bertz CT molecular complexity index is 677. The number of hydrogen-bond acceptors (Lipinski definition) is 5. The molecule has 116 valence electrons. The summed E-state index contributed by atoms with van der Waals surface area (Å²) < 4.78 is 19.0. The minimum absolute atomic E-state index is 0.584. The van der Waals surface area contributed by atoms with Crippen molar-refractivity contribution in [2.75, 3.05) is 44.4 Å². The highest BCUT2D eigenvalue weighted by atomic mass is 16.6. The Labute approximate surface area is 129 Å². The van der Waals surface area contributed by atoms with E-state index in [0.29, 0.717) is 13.2 Å². The Hall–Kier alpha value is -2.21. The van der Waals surface area contributed by atoms with Crippen LogP contribution in [0.25, 0.3) is 11.1 Å². The Morgan fingerprint density at radius 3 is 2.64 bits per heavy atom. The van der Waals surface area contributed by atoms with E-state index >= 15 is 0 Å². The summed E-state index contributed by atoms with van der Waals surface area (Å²) in [4.78, 5) is 2.32. The Morgan fingerprint density at radius 1 is 1.05 bits per heavy atom. The van der Waals surface area contributed by atoms with E-state index in [9.17, 15) is 0 Å². The Kier molecular flexibility index (Phi) is 3.38. The third kappa shape index (κ3) is 2.29. The van der Waals surface area contributed by atoms with Crippen LogP contribution in [0.1, 0.15) is 0 Å². The smallest absolute Gasteiger partial charge is 0.185 e. The number of benzene rings is 1. The van der Waals surface area contributed by atoms with Gasteiger partial charge in [0.05, 0.1) is 25.1 Å². The van der Waals surface area contributed by atoms with Crippen molar-refractivity contribution >= 4 is 5.69 Å². The average molecular weight is 301 g/mol. The number of morpholine rings is 1.